The summed E-state index contributed by atoms with van der Waals surface area (Å²) in [6.07, 6.45) is 6.78. The molecule has 1 aliphatic heterocycles. The van der Waals surface area contributed by atoms with Crippen molar-refractivity contribution in [2.24, 2.45) is 5.92 Å². The third-order valence-electron chi connectivity index (χ3n) is 5.01. The highest BCUT2D eigenvalue weighted by atomic mass is 16.2. The van der Waals surface area contributed by atoms with Crippen LogP contribution in [0.3, 0.4) is 0 Å². The summed E-state index contributed by atoms with van der Waals surface area (Å²) in [6, 6.07) is 11.2. The molecule has 1 aliphatic carbocycles. The van der Waals surface area contributed by atoms with Crippen molar-refractivity contribution in [1.82, 2.24) is 10.6 Å². The molecule has 3 heteroatoms. The first-order chi connectivity index (χ1) is 10.3. The van der Waals surface area contributed by atoms with E-state index in [1.54, 1.807) is 0 Å². The van der Waals surface area contributed by atoms with Gasteiger partial charge in [-0.15, -0.1) is 0 Å². The lowest BCUT2D eigenvalue weighted by molar-refractivity contribution is -0.126. The second-order valence-electron chi connectivity index (χ2n) is 6.51. The minimum absolute atomic E-state index is 0.186. The van der Waals surface area contributed by atoms with Crippen LogP contribution in [-0.2, 0) is 4.79 Å². The second kappa shape index (κ2) is 7.08. The van der Waals surface area contributed by atoms with Crippen LogP contribution >= 0.6 is 0 Å². The first-order valence-electron chi connectivity index (χ1n) is 8.39. The molecule has 0 bridgehead atoms. The molecule has 1 saturated carbocycles. The second-order valence-corrected chi connectivity index (χ2v) is 6.51. The van der Waals surface area contributed by atoms with E-state index < -0.39 is 0 Å². The quantitative estimate of drug-likeness (QED) is 0.897. The largest absolute Gasteiger partial charge is 0.353 e. The summed E-state index contributed by atoms with van der Waals surface area (Å²) in [7, 11) is 0. The van der Waals surface area contributed by atoms with Gasteiger partial charge in [-0.1, -0.05) is 30.3 Å². The molecule has 2 N–H and O–H groups in total. The predicted octanol–water partition coefficient (Wildman–Crippen LogP) is 2.83. The Morgan fingerprint density at radius 2 is 1.81 bits per heavy atom. The van der Waals surface area contributed by atoms with Crippen LogP contribution in [0.1, 0.15) is 50.0 Å². The van der Waals surface area contributed by atoms with Crippen molar-refractivity contribution >= 4 is 5.91 Å². The molecule has 3 rings (SSSR count). The summed E-state index contributed by atoms with van der Waals surface area (Å²) in [5.41, 5.74) is 1.46. The van der Waals surface area contributed by atoms with Crippen molar-refractivity contribution in [3.63, 3.8) is 0 Å². The lowest BCUT2D eigenvalue weighted by Crippen LogP contribution is -2.45. The minimum atomic E-state index is 0.186. The average molecular weight is 286 g/mol. The Kier molecular flexibility index (Phi) is 4.91. The van der Waals surface area contributed by atoms with Crippen molar-refractivity contribution in [1.29, 1.82) is 0 Å². The van der Waals surface area contributed by atoms with Crippen LogP contribution in [0.25, 0.3) is 0 Å². The predicted molar refractivity (Wildman–Crippen MR) is 85.2 cm³/mol. The molecule has 0 radical (unpaired) electrons. The third-order valence-corrected chi connectivity index (χ3v) is 5.01. The number of amides is 1. The number of nitrogens with one attached hydrogen (secondary N) is 2. The average Bonchev–Trinajstić information content (AvgIpc) is 2.57. The van der Waals surface area contributed by atoms with E-state index in [2.05, 4.69) is 41.0 Å². The lowest BCUT2D eigenvalue weighted by Gasteiger charge is -2.31. The zero-order valence-electron chi connectivity index (χ0n) is 12.7. The summed E-state index contributed by atoms with van der Waals surface area (Å²) >= 11 is 0. The van der Waals surface area contributed by atoms with Crippen LogP contribution in [0.5, 0.6) is 0 Å². The number of hydrogen-bond acceptors (Lipinski definition) is 2. The van der Waals surface area contributed by atoms with Crippen LogP contribution in [0.2, 0.25) is 0 Å². The van der Waals surface area contributed by atoms with E-state index in [0.717, 1.165) is 38.8 Å². The van der Waals surface area contributed by atoms with Gasteiger partial charge in [-0.3, -0.25) is 4.79 Å². The molecule has 114 valence electrons. The van der Waals surface area contributed by atoms with E-state index >= 15 is 0 Å². The van der Waals surface area contributed by atoms with E-state index in [-0.39, 0.29) is 11.8 Å². The molecule has 0 aromatic heterocycles. The Morgan fingerprint density at radius 3 is 2.48 bits per heavy atom. The maximum atomic E-state index is 12.3. The fourth-order valence-electron chi connectivity index (χ4n) is 3.69. The van der Waals surface area contributed by atoms with Crippen molar-refractivity contribution in [3.05, 3.63) is 35.9 Å². The molecule has 3 nitrogen and oxygen atoms in total. The minimum Gasteiger partial charge on any atom is -0.353 e. The van der Waals surface area contributed by atoms with Gasteiger partial charge in [0.1, 0.15) is 0 Å². The number of rotatable bonds is 3. The van der Waals surface area contributed by atoms with Crippen molar-refractivity contribution < 1.29 is 4.79 Å². The van der Waals surface area contributed by atoms with Crippen LogP contribution in [0, 0.1) is 5.92 Å². The van der Waals surface area contributed by atoms with Gasteiger partial charge in [0.05, 0.1) is 5.92 Å². The smallest absolute Gasteiger partial charge is 0.224 e. The highest BCUT2D eigenvalue weighted by molar-refractivity contribution is 5.79. The lowest BCUT2D eigenvalue weighted by atomic mass is 9.81. The zero-order chi connectivity index (χ0) is 14.5. The highest BCUT2D eigenvalue weighted by Gasteiger charge is 2.26. The van der Waals surface area contributed by atoms with E-state index in [1.165, 1.54) is 18.4 Å². The molecule has 1 heterocycles. The standard InChI is InChI=1S/C18H26N2O/c21-18(16-7-4-12-19-13-16)20-17-10-8-15(9-11-17)14-5-2-1-3-6-14/h1-3,5-6,15-17,19H,4,7-13H2,(H,20,21)/t15?,16-,17?/m1/s1. The molecule has 1 amide bonds. The van der Waals surface area contributed by atoms with Gasteiger partial charge >= 0.3 is 0 Å². The maximum Gasteiger partial charge on any atom is 0.224 e. The fraction of sp³-hybridized carbons (Fsp3) is 0.611. The monoisotopic (exact) mass is 286 g/mol. The first kappa shape index (κ1) is 14.6. The summed E-state index contributed by atoms with van der Waals surface area (Å²) in [4.78, 5) is 12.3. The first-order valence-corrected chi connectivity index (χ1v) is 8.39. The van der Waals surface area contributed by atoms with Gasteiger partial charge in [0.15, 0.2) is 0 Å². The Morgan fingerprint density at radius 1 is 1.05 bits per heavy atom. The SMILES string of the molecule is O=C(NC1CCC(c2ccccc2)CC1)[C@@H]1CCCNC1. The van der Waals surface area contributed by atoms with Crippen LogP contribution < -0.4 is 10.6 Å². The van der Waals surface area contributed by atoms with Gasteiger partial charge in [-0.25, -0.2) is 0 Å². The Balaban J connectivity index is 1.46. The molecule has 21 heavy (non-hydrogen) atoms. The molecule has 1 saturated heterocycles. The van der Waals surface area contributed by atoms with Crippen molar-refractivity contribution in [2.75, 3.05) is 13.1 Å². The van der Waals surface area contributed by atoms with Gasteiger partial charge in [-0.05, 0) is 56.6 Å². The normalized spacial score (nSPS) is 29.8. The van der Waals surface area contributed by atoms with E-state index in [1.807, 2.05) is 0 Å². The van der Waals surface area contributed by atoms with Gasteiger partial charge < -0.3 is 10.6 Å². The van der Waals surface area contributed by atoms with Crippen LogP contribution in [-0.4, -0.2) is 25.0 Å². The molecule has 2 aliphatic rings. The van der Waals surface area contributed by atoms with Crippen LogP contribution in [0.15, 0.2) is 30.3 Å². The summed E-state index contributed by atoms with van der Waals surface area (Å²) in [5, 5.41) is 6.60. The number of carbonyl (C=O) groups excluding carboxylic acids is 1. The maximum absolute atomic E-state index is 12.3. The van der Waals surface area contributed by atoms with Gasteiger partial charge in [-0.2, -0.15) is 0 Å². The van der Waals surface area contributed by atoms with Gasteiger partial charge in [0.2, 0.25) is 5.91 Å². The van der Waals surface area contributed by atoms with E-state index in [0.29, 0.717) is 12.0 Å². The molecule has 1 aromatic carbocycles. The van der Waals surface area contributed by atoms with Crippen molar-refractivity contribution in [2.45, 2.75) is 50.5 Å². The summed E-state index contributed by atoms with van der Waals surface area (Å²) < 4.78 is 0. The van der Waals surface area contributed by atoms with E-state index in [4.69, 9.17) is 0 Å². The summed E-state index contributed by atoms with van der Waals surface area (Å²) in [5.74, 6) is 1.13. The fourth-order valence-corrected chi connectivity index (χ4v) is 3.69. The van der Waals surface area contributed by atoms with Crippen LogP contribution in [0.4, 0.5) is 0 Å². The van der Waals surface area contributed by atoms with Gasteiger partial charge in [0.25, 0.3) is 0 Å². The van der Waals surface area contributed by atoms with Gasteiger partial charge in [0, 0.05) is 12.6 Å². The molecule has 0 unspecified atom stereocenters. The highest BCUT2D eigenvalue weighted by Crippen LogP contribution is 2.32. The Hall–Kier alpha value is -1.35. The molecule has 2 fully saturated rings. The number of hydrogen-bond donors (Lipinski definition) is 2. The number of carbonyl (C=O) groups is 1. The molecular formula is C18H26N2O. The number of benzene rings is 1. The Bertz CT molecular complexity index is 446. The Labute approximate surface area is 127 Å². The van der Waals surface area contributed by atoms with E-state index in [9.17, 15) is 4.79 Å². The van der Waals surface area contributed by atoms with Crippen molar-refractivity contribution in [3.8, 4) is 0 Å². The topological polar surface area (TPSA) is 41.1 Å². The zero-order valence-corrected chi connectivity index (χ0v) is 12.7. The molecule has 1 aromatic rings. The molecule has 1 atom stereocenters. The third kappa shape index (κ3) is 3.85. The summed E-state index contributed by atoms with van der Waals surface area (Å²) in [6.45, 7) is 1.91. The molecule has 0 spiro atoms. The number of piperidine rings is 1. The molecular weight excluding hydrogens is 260 g/mol.